The molecule has 3 aromatic rings. The van der Waals surface area contributed by atoms with E-state index in [2.05, 4.69) is 0 Å². The van der Waals surface area contributed by atoms with Crippen molar-refractivity contribution in [3.8, 4) is 34.3 Å². The molecule has 14 heteroatoms. The molecule has 2 aromatic carbocycles. The molecular formula is C26H28O14. The van der Waals surface area contributed by atoms with Crippen LogP contribution in [0.25, 0.3) is 22.3 Å². The van der Waals surface area contributed by atoms with Gasteiger partial charge in [0.05, 0.1) is 12.7 Å². The fourth-order valence-corrected chi connectivity index (χ4v) is 4.59. The lowest BCUT2D eigenvalue weighted by Crippen LogP contribution is -2.62. The second kappa shape index (κ2) is 10.8. The number of aliphatic hydroxyl groups excluding tert-OH is 5. The van der Waals surface area contributed by atoms with Gasteiger partial charge in [-0.25, -0.2) is 0 Å². The molecule has 2 aliphatic heterocycles. The van der Waals surface area contributed by atoms with Crippen LogP contribution in [0.5, 0.6) is 23.0 Å². The van der Waals surface area contributed by atoms with Crippen molar-refractivity contribution in [2.45, 2.75) is 62.2 Å². The monoisotopic (exact) mass is 564 g/mol. The van der Waals surface area contributed by atoms with Crippen LogP contribution in [-0.2, 0) is 14.2 Å². The molecule has 0 spiro atoms. The third kappa shape index (κ3) is 5.07. The molecule has 3 heterocycles. The van der Waals surface area contributed by atoms with Crippen LogP contribution in [-0.4, -0.2) is 103 Å². The fraction of sp³-hybridized carbons (Fsp3) is 0.423. The highest BCUT2D eigenvalue weighted by atomic mass is 16.8. The topological polar surface area (TPSA) is 229 Å². The first-order valence-electron chi connectivity index (χ1n) is 12.3. The Kier molecular flexibility index (Phi) is 7.60. The Bertz CT molecular complexity index is 1420. The molecule has 1 aromatic heterocycles. The number of phenols is 3. The second-order valence-electron chi connectivity index (χ2n) is 9.63. The Morgan fingerprint density at radius 1 is 0.850 bits per heavy atom. The van der Waals surface area contributed by atoms with Gasteiger partial charge in [0.2, 0.25) is 17.5 Å². The first-order chi connectivity index (χ1) is 19.0. The van der Waals surface area contributed by atoms with E-state index < -0.39 is 78.8 Å². The molecule has 0 bridgehead atoms. The van der Waals surface area contributed by atoms with E-state index in [0.717, 1.165) is 12.1 Å². The van der Waals surface area contributed by atoms with Gasteiger partial charge in [-0.1, -0.05) is 0 Å². The molecule has 2 fully saturated rings. The van der Waals surface area contributed by atoms with Crippen LogP contribution in [0.4, 0.5) is 0 Å². The first-order valence-corrected chi connectivity index (χ1v) is 12.3. The van der Waals surface area contributed by atoms with Crippen molar-refractivity contribution >= 4 is 11.0 Å². The number of hydrogen-bond donors (Lipinski definition) is 8. The Hall–Kier alpha value is -3.47. The molecule has 0 saturated carbocycles. The number of aliphatic hydroxyl groups is 5. The number of rotatable bonds is 5. The van der Waals surface area contributed by atoms with Crippen LogP contribution in [0.3, 0.4) is 0 Å². The van der Waals surface area contributed by atoms with E-state index in [-0.39, 0.29) is 33.8 Å². The SMILES string of the molecule is C[C@@H]1O[C@@H](O[C@H]2[C@H](Oc3c(-c4ccc(O)cc4)oc4cc(O)cc(O)c4c3=O)OC[C@@H](O)[C@@H]2O)[C@@H](O)[C@@H](O)[C@H]1O. The molecule has 8 N–H and O–H groups in total. The van der Waals surface area contributed by atoms with Crippen LogP contribution in [0.15, 0.2) is 45.6 Å². The van der Waals surface area contributed by atoms with Gasteiger partial charge in [0.25, 0.3) is 0 Å². The highest BCUT2D eigenvalue weighted by Gasteiger charge is 2.48. The number of fused-ring (bicyclic) bond motifs is 1. The summed E-state index contributed by atoms with van der Waals surface area (Å²) in [5.74, 6) is -1.80. The average molecular weight is 564 g/mol. The Morgan fingerprint density at radius 3 is 2.25 bits per heavy atom. The highest BCUT2D eigenvalue weighted by molar-refractivity contribution is 5.88. The van der Waals surface area contributed by atoms with Gasteiger partial charge in [-0.3, -0.25) is 4.79 Å². The minimum Gasteiger partial charge on any atom is -0.508 e. The summed E-state index contributed by atoms with van der Waals surface area (Å²) in [5, 5.41) is 81.1. The number of hydrogen-bond acceptors (Lipinski definition) is 14. The Balaban J connectivity index is 1.57. The van der Waals surface area contributed by atoms with E-state index in [1.807, 2.05) is 0 Å². The molecule has 0 amide bonds. The van der Waals surface area contributed by atoms with Gasteiger partial charge in [0.1, 0.15) is 58.7 Å². The summed E-state index contributed by atoms with van der Waals surface area (Å²) in [6.45, 7) is 0.964. The standard InChI is InChI=1S/C26H28O14/c1-9-17(31)20(34)21(35)25(37-9)40-24-18(32)14(30)8-36-26(24)39-23-19(33)16-13(29)6-12(28)7-15(16)38-22(23)10-2-4-11(27)5-3-10/h2-7,9,14,17-18,20-21,24-32,34-35H,8H2,1H3/t9-,14+,17-,18-,20-,21-,24+,25-,26-/m0/s1. The lowest BCUT2D eigenvalue weighted by molar-refractivity contribution is -0.344. The number of ether oxygens (including phenoxy) is 4. The maximum Gasteiger partial charge on any atom is 0.239 e. The van der Waals surface area contributed by atoms with Gasteiger partial charge < -0.3 is 64.2 Å². The predicted octanol–water partition coefficient (Wildman–Crippen LogP) is -0.754. The maximum atomic E-state index is 13.6. The quantitative estimate of drug-likeness (QED) is 0.191. The lowest BCUT2D eigenvalue weighted by atomic mass is 9.99. The molecule has 2 saturated heterocycles. The van der Waals surface area contributed by atoms with E-state index in [4.69, 9.17) is 23.4 Å². The number of aromatic hydroxyl groups is 3. The van der Waals surface area contributed by atoms with Crippen molar-refractivity contribution in [2.24, 2.45) is 0 Å². The summed E-state index contributed by atoms with van der Waals surface area (Å²) in [4.78, 5) is 13.6. The zero-order chi connectivity index (χ0) is 28.9. The van der Waals surface area contributed by atoms with Crippen molar-refractivity contribution in [1.29, 1.82) is 0 Å². The third-order valence-corrected chi connectivity index (χ3v) is 6.81. The summed E-state index contributed by atoms with van der Waals surface area (Å²) in [6, 6.07) is 7.47. The molecule has 9 atom stereocenters. The summed E-state index contributed by atoms with van der Waals surface area (Å²) in [7, 11) is 0. The molecule has 14 nitrogen and oxygen atoms in total. The lowest BCUT2D eigenvalue weighted by Gasteiger charge is -2.43. The molecule has 0 radical (unpaired) electrons. The van der Waals surface area contributed by atoms with E-state index in [0.29, 0.717) is 0 Å². The Labute approximate surface area is 225 Å². The molecular weight excluding hydrogens is 536 g/mol. The van der Waals surface area contributed by atoms with Gasteiger partial charge in [-0.2, -0.15) is 0 Å². The van der Waals surface area contributed by atoms with Crippen LogP contribution in [0.1, 0.15) is 6.92 Å². The number of phenolic OH excluding ortho intramolecular Hbond substituents is 3. The van der Waals surface area contributed by atoms with Gasteiger partial charge in [0.15, 0.2) is 18.2 Å². The van der Waals surface area contributed by atoms with Crippen molar-refractivity contribution in [3.05, 3.63) is 46.6 Å². The van der Waals surface area contributed by atoms with Gasteiger partial charge in [-0.05, 0) is 31.2 Å². The molecule has 0 unspecified atom stereocenters. The van der Waals surface area contributed by atoms with Crippen LogP contribution in [0.2, 0.25) is 0 Å². The minimum atomic E-state index is -1.76. The predicted molar refractivity (Wildman–Crippen MR) is 133 cm³/mol. The van der Waals surface area contributed by atoms with E-state index in [1.54, 1.807) is 0 Å². The normalized spacial score (nSPS) is 32.7. The smallest absolute Gasteiger partial charge is 0.239 e. The van der Waals surface area contributed by atoms with Crippen LogP contribution >= 0.6 is 0 Å². The first kappa shape index (κ1) is 28.1. The van der Waals surface area contributed by atoms with Crippen molar-refractivity contribution < 1.29 is 64.2 Å². The van der Waals surface area contributed by atoms with E-state index in [1.165, 1.54) is 31.2 Å². The van der Waals surface area contributed by atoms with Crippen molar-refractivity contribution in [1.82, 2.24) is 0 Å². The van der Waals surface area contributed by atoms with Gasteiger partial charge in [-0.15, -0.1) is 0 Å². The highest BCUT2D eigenvalue weighted by Crippen LogP contribution is 2.37. The molecule has 0 aliphatic carbocycles. The van der Waals surface area contributed by atoms with Crippen molar-refractivity contribution in [2.75, 3.05) is 6.61 Å². The number of benzene rings is 2. The summed E-state index contributed by atoms with van der Waals surface area (Å²) in [5.41, 5.74) is -0.850. The van der Waals surface area contributed by atoms with E-state index >= 15 is 0 Å². The van der Waals surface area contributed by atoms with Crippen molar-refractivity contribution in [3.63, 3.8) is 0 Å². The fourth-order valence-electron chi connectivity index (χ4n) is 4.59. The molecule has 40 heavy (non-hydrogen) atoms. The summed E-state index contributed by atoms with van der Waals surface area (Å²) < 4.78 is 28.3. The maximum absolute atomic E-state index is 13.6. The zero-order valence-electron chi connectivity index (χ0n) is 20.9. The van der Waals surface area contributed by atoms with Crippen LogP contribution in [0, 0.1) is 0 Å². The zero-order valence-corrected chi connectivity index (χ0v) is 20.9. The van der Waals surface area contributed by atoms with Gasteiger partial charge in [0, 0.05) is 17.7 Å². The van der Waals surface area contributed by atoms with Crippen LogP contribution < -0.4 is 10.2 Å². The van der Waals surface area contributed by atoms with Gasteiger partial charge >= 0.3 is 0 Å². The Morgan fingerprint density at radius 2 is 1.55 bits per heavy atom. The summed E-state index contributed by atoms with van der Waals surface area (Å²) >= 11 is 0. The molecule has 2 aliphatic rings. The largest absolute Gasteiger partial charge is 0.508 e. The minimum absolute atomic E-state index is 0.0848. The second-order valence-corrected chi connectivity index (χ2v) is 9.63. The third-order valence-electron chi connectivity index (χ3n) is 6.81. The average Bonchev–Trinajstić information content (AvgIpc) is 2.91. The molecule has 216 valence electrons. The molecule has 5 rings (SSSR count). The van der Waals surface area contributed by atoms with E-state index in [9.17, 15) is 45.6 Å². The summed E-state index contributed by atoms with van der Waals surface area (Å²) in [6.07, 6.45) is -13.9.